The lowest BCUT2D eigenvalue weighted by Gasteiger charge is -1.98. The highest BCUT2D eigenvalue weighted by Crippen LogP contribution is 1.94. The van der Waals surface area contributed by atoms with E-state index in [1.54, 1.807) is 4.68 Å². The number of nitrogens with zero attached hydrogens (tertiary/aromatic N) is 4. The van der Waals surface area contributed by atoms with Crippen LogP contribution in [0, 0.1) is 0 Å². The van der Waals surface area contributed by atoms with Crippen LogP contribution in [0.4, 0.5) is 0 Å². The standard InChI is InChI=1S/C6H12N6/c1-2-12-5(10-4-11-12)3-9-6(7)8/h4H,2-3H2,1H3,(H4,7,8,9). The van der Waals surface area contributed by atoms with Crippen molar-refractivity contribution in [3.05, 3.63) is 12.2 Å². The number of aryl methyl sites for hydroxylation is 1. The van der Waals surface area contributed by atoms with Crippen LogP contribution in [0.2, 0.25) is 0 Å². The number of aromatic nitrogens is 3. The first-order valence-corrected chi connectivity index (χ1v) is 3.66. The van der Waals surface area contributed by atoms with E-state index in [1.165, 1.54) is 6.33 Å². The van der Waals surface area contributed by atoms with E-state index in [0.717, 1.165) is 12.4 Å². The van der Waals surface area contributed by atoms with Crippen LogP contribution in [-0.4, -0.2) is 20.7 Å². The lowest BCUT2D eigenvalue weighted by atomic mass is 10.6. The molecule has 0 fully saturated rings. The first kappa shape index (κ1) is 8.51. The number of hydrogen-bond acceptors (Lipinski definition) is 3. The average molecular weight is 168 g/mol. The van der Waals surface area contributed by atoms with Crippen LogP contribution < -0.4 is 11.5 Å². The molecule has 1 aromatic rings. The monoisotopic (exact) mass is 168 g/mol. The third-order valence-corrected chi connectivity index (χ3v) is 1.40. The lowest BCUT2D eigenvalue weighted by Crippen LogP contribution is -2.23. The van der Waals surface area contributed by atoms with Crippen molar-refractivity contribution in [1.29, 1.82) is 0 Å². The molecular formula is C6H12N6. The third-order valence-electron chi connectivity index (χ3n) is 1.40. The van der Waals surface area contributed by atoms with Gasteiger partial charge >= 0.3 is 0 Å². The lowest BCUT2D eigenvalue weighted by molar-refractivity contribution is 0.616. The summed E-state index contributed by atoms with van der Waals surface area (Å²) in [6.07, 6.45) is 1.49. The Labute approximate surface area is 70.3 Å². The van der Waals surface area contributed by atoms with E-state index in [1.807, 2.05) is 6.92 Å². The van der Waals surface area contributed by atoms with Gasteiger partial charge in [0.25, 0.3) is 0 Å². The second-order valence-corrected chi connectivity index (χ2v) is 2.23. The number of guanidine groups is 1. The summed E-state index contributed by atoms with van der Waals surface area (Å²) in [4.78, 5) is 7.82. The van der Waals surface area contributed by atoms with Gasteiger partial charge in [-0.3, -0.25) is 0 Å². The minimum atomic E-state index is 0.0700. The molecule has 0 atom stereocenters. The molecule has 0 radical (unpaired) electrons. The maximum atomic E-state index is 5.17. The zero-order valence-corrected chi connectivity index (χ0v) is 6.94. The predicted octanol–water partition coefficient (Wildman–Crippen LogP) is -0.929. The molecule has 1 aromatic heterocycles. The molecule has 0 saturated heterocycles. The van der Waals surface area contributed by atoms with Crippen LogP contribution in [0.25, 0.3) is 0 Å². The molecule has 12 heavy (non-hydrogen) atoms. The van der Waals surface area contributed by atoms with Crippen molar-refractivity contribution >= 4 is 5.96 Å². The summed E-state index contributed by atoms with van der Waals surface area (Å²) in [5.41, 5.74) is 10.3. The Hall–Kier alpha value is -1.59. The van der Waals surface area contributed by atoms with Gasteiger partial charge in [-0.2, -0.15) is 5.10 Å². The Bertz CT molecular complexity index is 271. The summed E-state index contributed by atoms with van der Waals surface area (Å²) in [6.45, 7) is 3.14. The highest BCUT2D eigenvalue weighted by Gasteiger charge is 1.99. The molecule has 0 spiro atoms. The van der Waals surface area contributed by atoms with Crippen molar-refractivity contribution in [2.75, 3.05) is 0 Å². The quantitative estimate of drug-likeness (QED) is 0.450. The molecular weight excluding hydrogens is 156 g/mol. The summed E-state index contributed by atoms with van der Waals surface area (Å²) >= 11 is 0. The van der Waals surface area contributed by atoms with E-state index >= 15 is 0 Å². The molecule has 0 bridgehead atoms. The van der Waals surface area contributed by atoms with Crippen molar-refractivity contribution in [3.8, 4) is 0 Å². The molecule has 0 unspecified atom stereocenters. The highest BCUT2D eigenvalue weighted by atomic mass is 15.3. The van der Waals surface area contributed by atoms with Crippen molar-refractivity contribution in [1.82, 2.24) is 14.8 Å². The average Bonchev–Trinajstić information content (AvgIpc) is 2.47. The number of rotatable bonds is 3. The minimum absolute atomic E-state index is 0.0700. The molecule has 0 aliphatic rings. The number of aliphatic imine (C=N–C) groups is 1. The van der Waals surface area contributed by atoms with E-state index in [0.29, 0.717) is 6.54 Å². The van der Waals surface area contributed by atoms with Gasteiger partial charge in [-0.15, -0.1) is 0 Å². The fourth-order valence-corrected chi connectivity index (χ4v) is 0.837. The second-order valence-electron chi connectivity index (χ2n) is 2.23. The molecule has 0 aromatic carbocycles. The van der Waals surface area contributed by atoms with E-state index in [4.69, 9.17) is 11.5 Å². The third kappa shape index (κ3) is 1.94. The summed E-state index contributed by atoms with van der Waals surface area (Å²) < 4.78 is 1.74. The van der Waals surface area contributed by atoms with Crippen molar-refractivity contribution < 1.29 is 0 Å². The van der Waals surface area contributed by atoms with Crippen LogP contribution in [-0.2, 0) is 13.1 Å². The van der Waals surface area contributed by atoms with Crippen LogP contribution in [0.3, 0.4) is 0 Å². The topological polar surface area (TPSA) is 95.1 Å². The van der Waals surface area contributed by atoms with Crippen molar-refractivity contribution in [3.63, 3.8) is 0 Å². The van der Waals surface area contributed by atoms with E-state index in [2.05, 4.69) is 15.1 Å². The molecule has 6 heteroatoms. The smallest absolute Gasteiger partial charge is 0.186 e. The predicted molar refractivity (Wildman–Crippen MR) is 45.2 cm³/mol. The van der Waals surface area contributed by atoms with Crippen molar-refractivity contribution in [2.45, 2.75) is 20.0 Å². The van der Waals surface area contributed by atoms with Gasteiger partial charge in [-0.1, -0.05) is 0 Å². The summed E-state index contributed by atoms with van der Waals surface area (Å²) in [5.74, 6) is 0.839. The Morgan fingerprint density at radius 3 is 3.00 bits per heavy atom. The van der Waals surface area contributed by atoms with Gasteiger partial charge in [0.2, 0.25) is 0 Å². The fourth-order valence-electron chi connectivity index (χ4n) is 0.837. The van der Waals surface area contributed by atoms with Crippen LogP contribution in [0.15, 0.2) is 11.3 Å². The largest absolute Gasteiger partial charge is 0.370 e. The molecule has 1 rings (SSSR count). The molecule has 66 valence electrons. The molecule has 6 nitrogen and oxygen atoms in total. The van der Waals surface area contributed by atoms with E-state index in [-0.39, 0.29) is 5.96 Å². The van der Waals surface area contributed by atoms with Gasteiger partial charge in [0, 0.05) is 6.54 Å². The van der Waals surface area contributed by atoms with Crippen molar-refractivity contribution in [2.24, 2.45) is 16.5 Å². The van der Waals surface area contributed by atoms with E-state index < -0.39 is 0 Å². The van der Waals surface area contributed by atoms with Gasteiger partial charge < -0.3 is 11.5 Å². The Kier molecular flexibility index (Phi) is 2.62. The summed E-state index contributed by atoms with van der Waals surface area (Å²) in [5, 5.41) is 3.97. The molecule has 1 heterocycles. The van der Waals surface area contributed by atoms with Gasteiger partial charge in [0.15, 0.2) is 5.96 Å². The van der Waals surface area contributed by atoms with Gasteiger partial charge in [-0.25, -0.2) is 14.7 Å². The van der Waals surface area contributed by atoms with Crippen LogP contribution >= 0.6 is 0 Å². The summed E-state index contributed by atoms with van der Waals surface area (Å²) in [6, 6.07) is 0. The first-order valence-electron chi connectivity index (χ1n) is 3.66. The highest BCUT2D eigenvalue weighted by molar-refractivity contribution is 5.75. The van der Waals surface area contributed by atoms with Gasteiger partial charge in [-0.05, 0) is 6.92 Å². The zero-order chi connectivity index (χ0) is 8.97. The first-order chi connectivity index (χ1) is 5.74. The Morgan fingerprint density at radius 1 is 1.67 bits per heavy atom. The van der Waals surface area contributed by atoms with Gasteiger partial charge in [0.1, 0.15) is 18.7 Å². The molecule has 4 N–H and O–H groups in total. The SMILES string of the molecule is CCn1ncnc1CN=C(N)N. The van der Waals surface area contributed by atoms with Crippen LogP contribution in [0.5, 0.6) is 0 Å². The molecule has 0 aliphatic carbocycles. The summed E-state index contributed by atoms with van der Waals surface area (Å²) in [7, 11) is 0. The zero-order valence-electron chi connectivity index (χ0n) is 6.94. The molecule has 0 aliphatic heterocycles. The van der Waals surface area contributed by atoms with Crippen LogP contribution in [0.1, 0.15) is 12.7 Å². The number of nitrogens with two attached hydrogens (primary N) is 2. The maximum Gasteiger partial charge on any atom is 0.186 e. The normalized spacial score (nSPS) is 9.75. The molecule has 0 amide bonds. The van der Waals surface area contributed by atoms with E-state index in [9.17, 15) is 0 Å². The maximum absolute atomic E-state index is 5.17. The Balaban J connectivity index is 2.68. The fraction of sp³-hybridized carbons (Fsp3) is 0.500. The second kappa shape index (κ2) is 3.70. The minimum Gasteiger partial charge on any atom is -0.370 e. The Morgan fingerprint density at radius 2 is 2.42 bits per heavy atom. The number of hydrogen-bond donors (Lipinski definition) is 2. The van der Waals surface area contributed by atoms with Gasteiger partial charge in [0.05, 0.1) is 0 Å². The molecule has 0 saturated carbocycles.